The lowest BCUT2D eigenvalue weighted by Crippen LogP contribution is -2.32. The van der Waals surface area contributed by atoms with Crippen LogP contribution in [0.3, 0.4) is 0 Å². The third-order valence-corrected chi connectivity index (χ3v) is 4.39. The van der Waals surface area contributed by atoms with E-state index >= 15 is 0 Å². The Morgan fingerprint density at radius 1 is 0.935 bits per heavy atom. The summed E-state index contributed by atoms with van der Waals surface area (Å²) in [6.45, 7) is 5.59. The first-order valence-corrected chi connectivity index (χ1v) is 10.0. The number of carbonyl (C=O) groups excluding carboxylic acids is 3. The van der Waals surface area contributed by atoms with Crippen LogP contribution in [0.25, 0.3) is 0 Å². The molecule has 0 spiro atoms. The van der Waals surface area contributed by atoms with Gasteiger partial charge in [0.2, 0.25) is 5.91 Å². The molecule has 1 atom stereocenters. The number of para-hydroxylation sites is 1. The summed E-state index contributed by atoms with van der Waals surface area (Å²) in [6.07, 6.45) is 0. The van der Waals surface area contributed by atoms with E-state index in [2.05, 4.69) is 10.6 Å². The van der Waals surface area contributed by atoms with E-state index < -0.39 is 11.9 Å². The van der Waals surface area contributed by atoms with E-state index in [1.165, 1.54) is 18.2 Å². The lowest BCUT2D eigenvalue weighted by atomic mass is 10.1. The second kappa shape index (κ2) is 11.6. The molecule has 1 amide bonds. The van der Waals surface area contributed by atoms with E-state index in [0.717, 1.165) is 5.56 Å². The zero-order valence-electron chi connectivity index (χ0n) is 18.2. The molecule has 31 heavy (non-hydrogen) atoms. The Morgan fingerprint density at radius 2 is 1.52 bits per heavy atom. The first-order chi connectivity index (χ1) is 14.9. The highest BCUT2D eigenvalue weighted by Gasteiger charge is 2.16. The number of methoxy groups -OCH3 is 1. The lowest BCUT2D eigenvalue weighted by Gasteiger charge is -2.18. The largest absolute Gasteiger partial charge is 0.496 e. The highest BCUT2D eigenvalue weighted by atomic mass is 16.5. The first kappa shape index (κ1) is 23.7. The van der Waals surface area contributed by atoms with Crippen LogP contribution in [-0.2, 0) is 14.3 Å². The maximum Gasteiger partial charge on any atom is 0.338 e. The Kier molecular flexibility index (Phi) is 8.87. The number of anilines is 1. The standard InChI is InChI=1S/C23H28N2O6/c1-5-30-22(27)16-11-17(23(28)31-6-2)13-18(12-16)24-14-21(26)25-15(3)19-9-7-8-10-20(19)29-4/h7-13,15,24H,5-6,14H2,1-4H3,(H,25,26). The van der Waals surface area contributed by atoms with Crippen LogP contribution >= 0.6 is 0 Å². The van der Waals surface area contributed by atoms with Gasteiger partial charge in [0.25, 0.3) is 0 Å². The van der Waals surface area contributed by atoms with Crippen molar-refractivity contribution >= 4 is 23.5 Å². The summed E-state index contributed by atoms with van der Waals surface area (Å²) in [5, 5.41) is 5.84. The van der Waals surface area contributed by atoms with Gasteiger partial charge in [-0.2, -0.15) is 0 Å². The van der Waals surface area contributed by atoms with Gasteiger partial charge in [0.05, 0.1) is 44.0 Å². The van der Waals surface area contributed by atoms with E-state index in [4.69, 9.17) is 14.2 Å². The van der Waals surface area contributed by atoms with Crippen LogP contribution in [0.4, 0.5) is 5.69 Å². The van der Waals surface area contributed by atoms with Crippen molar-refractivity contribution in [2.45, 2.75) is 26.8 Å². The fourth-order valence-corrected chi connectivity index (χ4v) is 2.97. The van der Waals surface area contributed by atoms with E-state index in [-0.39, 0.29) is 42.8 Å². The summed E-state index contributed by atoms with van der Waals surface area (Å²) in [5.74, 6) is -0.709. The maximum absolute atomic E-state index is 12.4. The fourth-order valence-electron chi connectivity index (χ4n) is 2.97. The van der Waals surface area contributed by atoms with Gasteiger partial charge in [-0.15, -0.1) is 0 Å². The molecule has 0 aliphatic rings. The quantitative estimate of drug-likeness (QED) is 0.560. The number of nitrogens with one attached hydrogen (secondary N) is 2. The molecule has 0 radical (unpaired) electrons. The van der Waals surface area contributed by atoms with Crippen LogP contribution in [0.2, 0.25) is 0 Å². The molecule has 0 saturated heterocycles. The molecule has 0 aliphatic heterocycles. The summed E-state index contributed by atoms with van der Waals surface area (Å²) < 4.78 is 15.4. The average molecular weight is 428 g/mol. The molecule has 2 rings (SSSR count). The Morgan fingerprint density at radius 3 is 2.06 bits per heavy atom. The minimum atomic E-state index is -0.564. The minimum Gasteiger partial charge on any atom is -0.496 e. The highest BCUT2D eigenvalue weighted by molar-refractivity contribution is 5.97. The second-order valence-corrected chi connectivity index (χ2v) is 6.62. The van der Waals surface area contributed by atoms with Gasteiger partial charge in [0, 0.05) is 11.3 Å². The Balaban J connectivity index is 2.11. The van der Waals surface area contributed by atoms with Gasteiger partial charge >= 0.3 is 11.9 Å². The number of carbonyl (C=O) groups is 3. The van der Waals surface area contributed by atoms with E-state index in [1.807, 2.05) is 31.2 Å². The van der Waals surface area contributed by atoms with E-state index in [0.29, 0.717) is 11.4 Å². The molecular formula is C23H28N2O6. The van der Waals surface area contributed by atoms with Gasteiger partial charge in [-0.05, 0) is 45.0 Å². The molecule has 0 aromatic heterocycles. The topological polar surface area (TPSA) is 103 Å². The normalized spacial score (nSPS) is 11.2. The van der Waals surface area contributed by atoms with Gasteiger partial charge in [-0.25, -0.2) is 9.59 Å². The van der Waals surface area contributed by atoms with Crippen LogP contribution in [-0.4, -0.2) is 44.7 Å². The smallest absolute Gasteiger partial charge is 0.338 e. The monoisotopic (exact) mass is 428 g/mol. The number of hydrogen-bond donors (Lipinski definition) is 2. The van der Waals surface area contributed by atoms with Gasteiger partial charge < -0.3 is 24.8 Å². The van der Waals surface area contributed by atoms with Crippen molar-refractivity contribution < 1.29 is 28.6 Å². The molecule has 2 N–H and O–H groups in total. The van der Waals surface area contributed by atoms with Gasteiger partial charge in [-0.3, -0.25) is 4.79 Å². The molecule has 2 aromatic rings. The molecule has 0 fully saturated rings. The molecule has 0 heterocycles. The summed E-state index contributed by atoms with van der Waals surface area (Å²) in [5.41, 5.74) is 1.66. The van der Waals surface area contributed by atoms with Crippen molar-refractivity contribution in [1.82, 2.24) is 5.32 Å². The number of esters is 2. The molecule has 1 unspecified atom stereocenters. The molecule has 166 valence electrons. The molecule has 0 saturated carbocycles. The first-order valence-electron chi connectivity index (χ1n) is 10.0. The van der Waals surface area contributed by atoms with Crippen LogP contribution in [0.1, 0.15) is 53.1 Å². The Labute approximate surface area is 181 Å². The molecule has 8 heteroatoms. The number of amides is 1. The zero-order valence-corrected chi connectivity index (χ0v) is 18.2. The molecule has 8 nitrogen and oxygen atoms in total. The van der Waals surface area contributed by atoms with Crippen LogP contribution < -0.4 is 15.4 Å². The van der Waals surface area contributed by atoms with Crippen LogP contribution in [0, 0.1) is 0 Å². The van der Waals surface area contributed by atoms with Gasteiger partial charge in [0.1, 0.15) is 5.75 Å². The van der Waals surface area contributed by atoms with Crippen molar-refractivity contribution in [3.05, 3.63) is 59.2 Å². The lowest BCUT2D eigenvalue weighted by molar-refractivity contribution is -0.120. The Hall–Kier alpha value is -3.55. The van der Waals surface area contributed by atoms with E-state index in [1.54, 1.807) is 21.0 Å². The predicted molar refractivity (Wildman–Crippen MR) is 116 cm³/mol. The zero-order chi connectivity index (χ0) is 22.8. The van der Waals surface area contributed by atoms with Crippen LogP contribution in [0.5, 0.6) is 5.75 Å². The number of hydrogen-bond acceptors (Lipinski definition) is 7. The van der Waals surface area contributed by atoms with Crippen molar-refractivity contribution in [2.75, 3.05) is 32.2 Å². The number of benzene rings is 2. The fraction of sp³-hybridized carbons (Fsp3) is 0.348. The number of rotatable bonds is 10. The van der Waals surface area contributed by atoms with Crippen molar-refractivity contribution in [3.63, 3.8) is 0 Å². The van der Waals surface area contributed by atoms with Gasteiger partial charge in [-0.1, -0.05) is 18.2 Å². The summed E-state index contributed by atoms with van der Waals surface area (Å²) >= 11 is 0. The molecule has 2 aromatic carbocycles. The summed E-state index contributed by atoms with van der Waals surface area (Å²) in [4.78, 5) is 36.7. The third-order valence-electron chi connectivity index (χ3n) is 4.39. The maximum atomic E-state index is 12.4. The SMILES string of the molecule is CCOC(=O)c1cc(NCC(=O)NC(C)c2ccccc2OC)cc(C(=O)OCC)c1. The predicted octanol–water partition coefficient (Wildman–Crippen LogP) is 3.34. The van der Waals surface area contributed by atoms with Crippen molar-refractivity contribution in [3.8, 4) is 5.75 Å². The number of ether oxygens (including phenoxy) is 3. The van der Waals surface area contributed by atoms with Crippen molar-refractivity contribution in [2.24, 2.45) is 0 Å². The van der Waals surface area contributed by atoms with E-state index in [9.17, 15) is 14.4 Å². The average Bonchev–Trinajstić information content (AvgIpc) is 2.77. The summed E-state index contributed by atoms with van der Waals surface area (Å²) in [6, 6.07) is 11.6. The second-order valence-electron chi connectivity index (χ2n) is 6.62. The van der Waals surface area contributed by atoms with Crippen LogP contribution in [0.15, 0.2) is 42.5 Å². The molecule has 0 aliphatic carbocycles. The third kappa shape index (κ3) is 6.74. The molecular weight excluding hydrogens is 400 g/mol. The van der Waals surface area contributed by atoms with Crippen molar-refractivity contribution in [1.29, 1.82) is 0 Å². The Bertz CT molecular complexity index is 892. The van der Waals surface area contributed by atoms with Gasteiger partial charge in [0.15, 0.2) is 0 Å². The molecule has 0 bridgehead atoms. The summed E-state index contributed by atoms with van der Waals surface area (Å²) in [7, 11) is 1.58. The highest BCUT2D eigenvalue weighted by Crippen LogP contribution is 2.24. The minimum absolute atomic E-state index is 0.0615.